The molecule has 1 atom stereocenters. The zero-order chi connectivity index (χ0) is 14.8. The van der Waals surface area contributed by atoms with E-state index >= 15 is 0 Å². The normalized spacial score (nSPS) is 18.8. The van der Waals surface area contributed by atoms with Gasteiger partial charge >= 0.3 is 0 Å². The first-order chi connectivity index (χ1) is 9.38. The number of nitrogens with one attached hydrogen (secondary N) is 2. The molecule has 7 heteroatoms. The second kappa shape index (κ2) is 5.80. The fraction of sp³-hybridized carbons (Fsp3) is 0.462. The van der Waals surface area contributed by atoms with Crippen molar-refractivity contribution in [3.8, 4) is 0 Å². The largest absolute Gasteiger partial charge is 0.337 e. The van der Waals surface area contributed by atoms with E-state index in [1.165, 1.54) is 0 Å². The van der Waals surface area contributed by atoms with E-state index in [0.29, 0.717) is 11.3 Å². The molecule has 1 fully saturated rings. The second-order valence-electron chi connectivity index (χ2n) is 4.98. The molecular formula is C13H19N3O3S. The van der Waals surface area contributed by atoms with Gasteiger partial charge in [-0.3, -0.25) is 9.52 Å². The van der Waals surface area contributed by atoms with Gasteiger partial charge < -0.3 is 10.2 Å². The summed E-state index contributed by atoms with van der Waals surface area (Å²) in [4.78, 5) is 14.2. The van der Waals surface area contributed by atoms with Crippen molar-refractivity contribution in [3.05, 3.63) is 29.8 Å². The van der Waals surface area contributed by atoms with Gasteiger partial charge in [0.05, 0.1) is 17.5 Å². The van der Waals surface area contributed by atoms with Crippen LogP contribution < -0.4 is 10.0 Å². The SMILES string of the molecule is CN(C(=O)c1ccccc1NS(C)(=O)=O)C1CCNC1. The first-order valence-electron chi connectivity index (χ1n) is 6.43. The van der Waals surface area contributed by atoms with Crippen LogP contribution in [-0.4, -0.2) is 51.7 Å². The molecule has 0 aromatic heterocycles. The summed E-state index contributed by atoms with van der Waals surface area (Å²) in [5.41, 5.74) is 0.685. The molecule has 1 amide bonds. The number of carbonyl (C=O) groups excluding carboxylic acids is 1. The Bertz CT molecular complexity index is 595. The molecule has 2 rings (SSSR count). The minimum absolute atomic E-state index is 0.147. The molecule has 0 bridgehead atoms. The maximum absolute atomic E-state index is 12.5. The lowest BCUT2D eigenvalue weighted by Crippen LogP contribution is -2.38. The van der Waals surface area contributed by atoms with Crippen LogP contribution in [0.25, 0.3) is 0 Å². The minimum atomic E-state index is -3.41. The Morgan fingerprint density at radius 2 is 2.10 bits per heavy atom. The third-order valence-electron chi connectivity index (χ3n) is 3.36. The fourth-order valence-electron chi connectivity index (χ4n) is 2.28. The highest BCUT2D eigenvalue weighted by Gasteiger charge is 2.25. The van der Waals surface area contributed by atoms with Crippen molar-refractivity contribution < 1.29 is 13.2 Å². The van der Waals surface area contributed by atoms with Crippen molar-refractivity contribution >= 4 is 21.6 Å². The molecule has 0 saturated carbocycles. The van der Waals surface area contributed by atoms with Crippen molar-refractivity contribution in [2.24, 2.45) is 0 Å². The van der Waals surface area contributed by atoms with Gasteiger partial charge in [0.25, 0.3) is 5.91 Å². The first kappa shape index (κ1) is 14.8. The number of rotatable bonds is 4. The number of carbonyl (C=O) groups is 1. The molecule has 1 aliphatic heterocycles. The van der Waals surface area contributed by atoms with Crippen LogP contribution in [0.5, 0.6) is 0 Å². The predicted molar refractivity (Wildman–Crippen MR) is 78.3 cm³/mol. The van der Waals surface area contributed by atoms with Crippen LogP contribution in [0, 0.1) is 0 Å². The monoisotopic (exact) mass is 297 g/mol. The van der Waals surface area contributed by atoms with E-state index in [2.05, 4.69) is 10.0 Å². The molecule has 1 saturated heterocycles. The average molecular weight is 297 g/mol. The Hall–Kier alpha value is -1.60. The van der Waals surface area contributed by atoms with Crippen LogP contribution >= 0.6 is 0 Å². The molecule has 20 heavy (non-hydrogen) atoms. The summed E-state index contributed by atoms with van der Waals surface area (Å²) in [6.45, 7) is 1.66. The van der Waals surface area contributed by atoms with Crippen LogP contribution in [0.4, 0.5) is 5.69 Å². The lowest BCUT2D eigenvalue weighted by Gasteiger charge is -2.24. The van der Waals surface area contributed by atoms with Gasteiger partial charge in [0.2, 0.25) is 10.0 Å². The Morgan fingerprint density at radius 1 is 1.40 bits per heavy atom. The summed E-state index contributed by atoms with van der Waals surface area (Å²) in [6.07, 6.45) is 1.97. The van der Waals surface area contributed by atoms with E-state index < -0.39 is 10.0 Å². The lowest BCUT2D eigenvalue weighted by molar-refractivity contribution is 0.0745. The Morgan fingerprint density at radius 3 is 2.70 bits per heavy atom. The minimum Gasteiger partial charge on any atom is -0.337 e. The Kier molecular flexibility index (Phi) is 4.29. The summed E-state index contributed by atoms with van der Waals surface area (Å²) in [7, 11) is -1.66. The van der Waals surface area contributed by atoms with Crippen LogP contribution in [0.2, 0.25) is 0 Å². The number of anilines is 1. The molecule has 0 spiro atoms. The van der Waals surface area contributed by atoms with Gasteiger partial charge in [-0.05, 0) is 25.1 Å². The molecule has 1 unspecified atom stereocenters. The predicted octanol–water partition coefficient (Wildman–Crippen LogP) is 0.492. The van der Waals surface area contributed by atoms with Crippen LogP contribution in [0.1, 0.15) is 16.8 Å². The number of likely N-dealkylation sites (N-methyl/N-ethyl adjacent to an activating group) is 1. The van der Waals surface area contributed by atoms with Crippen LogP contribution in [-0.2, 0) is 10.0 Å². The van der Waals surface area contributed by atoms with E-state index in [1.807, 2.05) is 0 Å². The number of amides is 1. The number of para-hydroxylation sites is 1. The van der Waals surface area contributed by atoms with Gasteiger partial charge in [-0.15, -0.1) is 0 Å². The molecule has 110 valence electrons. The number of hydrogen-bond donors (Lipinski definition) is 2. The maximum Gasteiger partial charge on any atom is 0.256 e. The van der Waals surface area contributed by atoms with Crippen molar-refractivity contribution in [3.63, 3.8) is 0 Å². The molecule has 1 heterocycles. The van der Waals surface area contributed by atoms with Gasteiger partial charge in [-0.2, -0.15) is 0 Å². The van der Waals surface area contributed by atoms with E-state index in [-0.39, 0.29) is 11.9 Å². The molecule has 1 aromatic carbocycles. The zero-order valence-corrected chi connectivity index (χ0v) is 12.4. The summed E-state index contributed by atoms with van der Waals surface area (Å²) in [6, 6.07) is 6.79. The summed E-state index contributed by atoms with van der Waals surface area (Å²) < 4.78 is 25.1. The van der Waals surface area contributed by atoms with Gasteiger partial charge in [-0.25, -0.2) is 8.42 Å². The number of hydrogen-bond acceptors (Lipinski definition) is 4. The van der Waals surface area contributed by atoms with Crippen molar-refractivity contribution in [1.29, 1.82) is 0 Å². The van der Waals surface area contributed by atoms with E-state index in [4.69, 9.17) is 0 Å². The molecular weight excluding hydrogens is 278 g/mol. The third-order valence-corrected chi connectivity index (χ3v) is 3.95. The summed E-state index contributed by atoms with van der Waals surface area (Å²) in [5.74, 6) is -0.176. The van der Waals surface area contributed by atoms with Gasteiger partial charge in [0, 0.05) is 19.6 Å². The summed E-state index contributed by atoms with van der Waals surface area (Å²) >= 11 is 0. The maximum atomic E-state index is 12.5. The number of nitrogens with zero attached hydrogens (tertiary/aromatic N) is 1. The first-order valence-corrected chi connectivity index (χ1v) is 8.32. The van der Waals surface area contributed by atoms with E-state index in [1.54, 1.807) is 36.2 Å². The van der Waals surface area contributed by atoms with E-state index in [9.17, 15) is 13.2 Å². The highest BCUT2D eigenvalue weighted by molar-refractivity contribution is 7.92. The summed E-state index contributed by atoms with van der Waals surface area (Å²) in [5, 5.41) is 3.21. The molecule has 6 nitrogen and oxygen atoms in total. The smallest absolute Gasteiger partial charge is 0.256 e. The molecule has 1 aromatic rings. The van der Waals surface area contributed by atoms with E-state index in [0.717, 1.165) is 25.8 Å². The number of benzene rings is 1. The Labute approximate surface area is 119 Å². The topological polar surface area (TPSA) is 78.5 Å². The van der Waals surface area contributed by atoms with Crippen molar-refractivity contribution in [2.45, 2.75) is 12.5 Å². The average Bonchev–Trinajstić information content (AvgIpc) is 2.89. The van der Waals surface area contributed by atoms with Gasteiger partial charge in [-0.1, -0.05) is 12.1 Å². The number of sulfonamides is 1. The molecule has 0 aliphatic carbocycles. The van der Waals surface area contributed by atoms with Crippen molar-refractivity contribution in [1.82, 2.24) is 10.2 Å². The lowest BCUT2D eigenvalue weighted by atomic mass is 10.1. The fourth-order valence-corrected chi connectivity index (χ4v) is 2.86. The van der Waals surface area contributed by atoms with Crippen LogP contribution in [0.3, 0.4) is 0 Å². The second-order valence-corrected chi connectivity index (χ2v) is 6.73. The van der Waals surface area contributed by atoms with Crippen molar-refractivity contribution in [2.75, 3.05) is 31.1 Å². The zero-order valence-electron chi connectivity index (χ0n) is 11.6. The standard InChI is InChI=1S/C13H19N3O3S/c1-16(10-7-8-14-9-10)13(17)11-5-3-4-6-12(11)15-20(2,18)19/h3-6,10,14-15H,7-9H2,1-2H3. The molecule has 2 N–H and O–H groups in total. The highest BCUT2D eigenvalue weighted by atomic mass is 32.2. The Balaban J connectivity index is 2.25. The molecule has 1 aliphatic rings. The quantitative estimate of drug-likeness (QED) is 0.848. The third kappa shape index (κ3) is 3.49. The van der Waals surface area contributed by atoms with Crippen LogP contribution in [0.15, 0.2) is 24.3 Å². The van der Waals surface area contributed by atoms with Gasteiger partial charge in [0.1, 0.15) is 0 Å². The van der Waals surface area contributed by atoms with Gasteiger partial charge in [0.15, 0.2) is 0 Å². The molecule has 0 radical (unpaired) electrons. The highest BCUT2D eigenvalue weighted by Crippen LogP contribution is 2.20.